The van der Waals surface area contributed by atoms with Crippen LogP contribution >= 0.6 is 0 Å². The van der Waals surface area contributed by atoms with Crippen LogP contribution in [0, 0.1) is 13.8 Å². The third-order valence-electron chi connectivity index (χ3n) is 3.53. The summed E-state index contributed by atoms with van der Waals surface area (Å²) in [7, 11) is 2.11. The number of rotatable bonds is 4. The van der Waals surface area contributed by atoms with Gasteiger partial charge >= 0.3 is 0 Å². The molecule has 0 unspecified atom stereocenters. The summed E-state index contributed by atoms with van der Waals surface area (Å²) in [6, 6.07) is 14.7. The molecule has 0 aliphatic heterocycles. The second kappa shape index (κ2) is 5.79. The molecular formula is C17H22N2. The zero-order valence-electron chi connectivity index (χ0n) is 12.0. The molecule has 0 spiro atoms. The van der Waals surface area contributed by atoms with Crippen LogP contribution < -0.4 is 10.6 Å². The summed E-state index contributed by atoms with van der Waals surface area (Å²) in [4.78, 5) is 2.25. The van der Waals surface area contributed by atoms with E-state index in [-0.39, 0.29) is 0 Å². The maximum Gasteiger partial charge on any atom is 0.0384 e. The molecule has 2 aromatic carbocycles. The van der Waals surface area contributed by atoms with Gasteiger partial charge in [0.25, 0.3) is 0 Å². The largest absolute Gasteiger partial charge is 0.399 e. The maximum atomic E-state index is 5.82. The minimum atomic E-state index is 0.816. The van der Waals surface area contributed by atoms with Gasteiger partial charge in [-0.15, -0.1) is 0 Å². The number of nitrogens with two attached hydrogens (primary N) is 1. The normalized spacial score (nSPS) is 10.5. The summed E-state index contributed by atoms with van der Waals surface area (Å²) >= 11 is 0. The Morgan fingerprint density at radius 3 is 2.53 bits per heavy atom. The standard InChI is InChI=1S/C17H22N2/c1-13-7-8-15(14(2)11-13)9-10-19(3)17-6-4-5-16(18)12-17/h4-8,11-12H,9-10,18H2,1-3H3. The van der Waals surface area contributed by atoms with Crippen molar-refractivity contribution in [1.29, 1.82) is 0 Å². The summed E-state index contributed by atoms with van der Waals surface area (Å²) < 4.78 is 0. The lowest BCUT2D eigenvalue weighted by Gasteiger charge is -2.20. The third kappa shape index (κ3) is 3.50. The van der Waals surface area contributed by atoms with Crippen molar-refractivity contribution in [2.75, 3.05) is 24.2 Å². The first-order chi connectivity index (χ1) is 9.06. The van der Waals surface area contributed by atoms with E-state index in [1.54, 1.807) is 0 Å². The van der Waals surface area contributed by atoms with Gasteiger partial charge in [-0.25, -0.2) is 0 Å². The molecule has 0 aliphatic rings. The van der Waals surface area contributed by atoms with E-state index in [0.717, 1.165) is 18.7 Å². The first-order valence-corrected chi connectivity index (χ1v) is 6.69. The first kappa shape index (κ1) is 13.5. The molecule has 2 N–H and O–H groups in total. The molecule has 100 valence electrons. The second-order valence-corrected chi connectivity index (χ2v) is 5.20. The number of aryl methyl sites for hydroxylation is 2. The predicted molar refractivity (Wildman–Crippen MR) is 83.7 cm³/mol. The highest BCUT2D eigenvalue weighted by Crippen LogP contribution is 2.17. The minimum Gasteiger partial charge on any atom is -0.399 e. The highest BCUT2D eigenvalue weighted by Gasteiger charge is 2.03. The Labute approximate surface area is 115 Å². The molecule has 2 heteroatoms. The van der Waals surface area contributed by atoms with Gasteiger partial charge in [0.05, 0.1) is 0 Å². The van der Waals surface area contributed by atoms with Crippen LogP contribution in [0.1, 0.15) is 16.7 Å². The molecule has 0 fully saturated rings. The van der Waals surface area contributed by atoms with Crippen LogP contribution in [0.3, 0.4) is 0 Å². The second-order valence-electron chi connectivity index (χ2n) is 5.20. The summed E-state index contributed by atoms with van der Waals surface area (Å²) in [5.74, 6) is 0. The first-order valence-electron chi connectivity index (χ1n) is 6.69. The van der Waals surface area contributed by atoms with Crippen LogP contribution in [0.5, 0.6) is 0 Å². The van der Waals surface area contributed by atoms with Crippen molar-refractivity contribution in [1.82, 2.24) is 0 Å². The molecule has 0 bridgehead atoms. The molecule has 0 radical (unpaired) electrons. The van der Waals surface area contributed by atoms with E-state index in [2.05, 4.69) is 50.1 Å². The minimum absolute atomic E-state index is 0.816. The lowest BCUT2D eigenvalue weighted by Crippen LogP contribution is -2.20. The van der Waals surface area contributed by atoms with E-state index < -0.39 is 0 Å². The van der Waals surface area contributed by atoms with Crippen LogP contribution in [-0.2, 0) is 6.42 Å². The Bertz CT molecular complexity index is 561. The molecule has 0 atom stereocenters. The summed E-state index contributed by atoms with van der Waals surface area (Å²) in [5.41, 5.74) is 11.9. The molecule has 2 rings (SSSR count). The van der Waals surface area contributed by atoms with Crippen molar-refractivity contribution >= 4 is 11.4 Å². The number of hydrogen-bond donors (Lipinski definition) is 1. The Balaban J connectivity index is 2.02. The fraction of sp³-hybridized carbons (Fsp3) is 0.294. The van der Waals surface area contributed by atoms with E-state index in [1.165, 1.54) is 22.4 Å². The van der Waals surface area contributed by atoms with Crippen LogP contribution in [0.15, 0.2) is 42.5 Å². The van der Waals surface area contributed by atoms with E-state index in [0.29, 0.717) is 0 Å². The molecule has 0 aromatic heterocycles. The van der Waals surface area contributed by atoms with E-state index in [4.69, 9.17) is 5.73 Å². The highest BCUT2D eigenvalue weighted by atomic mass is 15.1. The summed E-state index contributed by atoms with van der Waals surface area (Å²) in [6.07, 6.45) is 1.05. The van der Waals surface area contributed by atoms with Crippen molar-refractivity contribution in [3.05, 3.63) is 59.2 Å². The number of anilines is 2. The topological polar surface area (TPSA) is 29.3 Å². The zero-order valence-corrected chi connectivity index (χ0v) is 12.0. The van der Waals surface area contributed by atoms with Crippen LogP contribution in [-0.4, -0.2) is 13.6 Å². The Hall–Kier alpha value is -1.96. The van der Waals surface area contributed by atoms with Gasteiger partial charge in [0.1, 0.15) is 0 Å². The monoisotopic (exact) mass is 254 g/mol. The van der Waals surface area contributed by atoms with Crippen molar-refractivity contribution in [3.63, 3.8) is 0 Å². The number of nitrogens with zero attached hydrogens (tertiary/aromatic N) is 1. The van der Waals surface area contributed by atoms with Crippen LogP contribution in [0.4, 0.5) is 11.4 Å². The number of hydrogen-bond acceptors (Lipinski definition) is 2. The molecule has 0 saturated heterocycles. The fourth-order valence-electron chi connectivity index (χ4n) is 2.31. The highest BCUT2D eigenvalue weighted by molar-refractivity contribution is 5.55. The molecular weight excluding hydrogens is 232 g/mol. The summed E-state index contributed by atoms with van der Waals surface area (Å²) in [6.45, 7) is 5.31. The van der Waals surface area contributed by atoms with Gasteiger partial charge in [0.15, 0.2) is 0 Å². The van der Waals surface area contributed by atoms with Gasteiger partial charge in [-0.2, -0.15) is 0 Å². The van der Waals surface area contributed by atoms with Crippen molar-refractivity contribution in [3.8, 4) is 0 Å². The van der Waals surface area contributed by atoms with E-state index in [1.807, 2.05) is 18.2 Å². The molecule has 2 nitrogen and oxygen atoms in total. The molecule has 0 aliphatic carbocycles. The number of benzene rings is 2. The number of likely N-dealkylation sites (N-methyl/N-ethyl adjacent to an activating group) is 1. The van der Waals surface area contributed by atoms with Gasteiger partial charge < -0.3 is 10.6 Å². The summed E-state index contributed by atoms with van der Waals surface area (Å²) in [5, 5.41) is 0. The average Bonchev–Trinajstić information content (AvgIpc) is 2.37. The van der Waals surface area contributed by atoms with Gasteiger partial charge in [0, 0.05) is 25.0 Å². The molecule has 2 aromatic rings. The molecule has 0 heterocycles. The van der Waals surface area contributed by atoms with Gasteiger partial charge in [-0.05, 0) is 49.6 Å². The predicted octanol–water partition coefficient (Wildman–Crippen LogP) is 3.56. The lowest BCUT2D eigenvalue weighted by molar-refractivity contribution is 0.871. The number of nitrogen functional groups attached to an aromatic ring is 1. The fourth-order valence-corrected chi connectivity index (χ4v) is 2.31. The van der Waals surface area contributed by atoms with Crippen molar-refractivity contribution < 1.29 is 0 Å². The Morgan fingerprint density at radius 1 is 1.05 bits per heavy atom. The lowest BCUT2D eigenvalue weighted by atomic mass is 10.0. The SMILES string of the molecule is Cc1ccc(CCN(C)c2cccc(N)c2)c(C)c1. The molecule has 0 amide bonds. The molecule has 19 heavy (non-hydrogen) atoms. The van der Waals surface area contributed by atoms with Crippen molar-refractivity contribution in [2.24, 2.45) is 0 Å². The zero-order chi connectivity index (χ0) is 13.8. The van der Waals surface area contributed by atoms with Gasteiger partial charge in [-0.3, -0.25) is 0 Å². The smallest absolute Gasteiger partial charge is 0.0384 e. The Kier molecular flexibility index (Phi) is 4.10. The van der Waals surface area contributed by atoms with Gasteiger partial charge in [-0.1, -0.05) is 29.8 Å². The van der Waals surface area contributed by atoms with Crippen molar-refractivity contribution in [2.45, 2.75) is 20.3 Å². The average molecular weight is 254 g/mol. The van der Waals surface area contributed by atoms with Crippen LogP contribution in [0.2, 0.25) is 0 Å². The molecule has 0 saturated carbocycles. The van der Waals surface area contributed by atoms with Gasteiger partial charge in [0.2, 0.25) is 0 Å². The van der Waals surface area contributed by atoms with E-state index >= 15 is 0 Å². The van der Waals surface area contributed by atoms with E-state index in [9.17, 15) is 0 Å². The maximum absolute atomic E-state index is 5.82. The van der Waals surface area contributed by atoms with Crippen LogP contribution in [0.25, 0.3) is 0 Å². The quantitative estimate of drug-likeness (QED) is 0.845. The Morgan fingerprint density at radius 2 is 1.84 bits per heavy atom. The third-order valence-corrected chi connectivity index (χ3v) is 3.53.